The van der Waals surface area contributed by atoms with Crippen molar-refractivity contribution in [2.45, 2.75) is 19.8 Å². The first kappa shape index (κ1) is 10.9. The maximum Gasteiger partial charge on any atom is 0.144 e. The largest absolute Gasteiger partial charge is 0.300 e. The lowest BCUT2D eigenvalue weighted by atomic mass is 10.1. The molecule has 14 heavy (non-hydrogen) atoms. The zero-order valence-electron chi connectivity index (χ0n) is 7.92. The topological polar surface area (TPSA) is 34.1 Å². The van der Waals surface area contributed by atoms with Crippen molar-refractivity contribution in [3.63, 3.8) is 0 Å². The van der Waals surface area contributed by atoms with Crippen LogP contribution in [-0.2, 0) is 16.0 Å². The van der Waals surface area contributed by atoms with Crippen LogP contribution in [0.5, 0.6) is 0 Å². The molecule has 0 bridgehead atoms. The molecule has 0 saturated heterocycles. The first-order valence-corrected chi connectivity index (χ1v) is 4.72. The van der Waals surface area contributed by atoms with E-state index >= 15 is 0 Å². The van der Waals surface area contributed by atoms with Crippen LogP contribution in [0.4, 0.5) is 0 Å². The van der Waals surface area contributed by atoms with Gasteiger partial charge >= 0.3 is 0 Å². The summed E-state index contributed by atoms with van der Waals surface area (Å²) in [5, 5.41) is 0.574. The number of benzene rings is 1. The highest BCUT2D eigenvalue weighted by atomic mass is 35.5. The summed E-state index contributed by atoms with van der Waals surface area (Å²) in [6.45, 7) is 1.41. The van der Waals surface area contributed by atoms with Crippen molar-refractivity contribution >= 4 is 23.2 Å². The normalized spacial score (nSPS) is 9.86. The fraction of sp³-hybridized carbons (Fsp3) is 0.273. The van der Waals surface area contributed by atoms with Gasteiger partial charge in [-0.3, -0.25) is 9.59 Å². The Hall–Kier alpha value is -1.15. The van der Waals surface area contributed by atoms with Crippen LogP contribution in [-0.4, -0.2) is 11.6 Å². The number of hydrogen-bond acceptors (Lipinski definition) is 2. The molecule has 0 amide bonds. The van der Waals surface area contributed by atoms with Crippen LogP contribution in [0.1, 0.15) is 18.9 Å². The molecule has 0 aliphatic heterocycles. The number of halogens is 1. The Morgan fingerprint density at radius 1 is 1.29 bits per heavy atom. The first-order chi connectivity index (χ1) is 6.59. The number of hydrogen-bond donors (Lipinski definition) is 0. The zero-order chi connectivity index (χ0) is 10.6. The van der Waals surface area contributed by atoms with Crippen LogP contribution in [0.3, 0.4) is 0 Å². The molecule has 74 valence electrons. The highest BCUT2D eigenvalue weighted by Crippen LogP contribution is 2.15. The van der Waals surface area contributed by atoms with Gasteiger partial charge in [0.25, 0.3) is 0 Å². The summed E-state index contributed by atoms with van der Waals surface area (Å²) in [4.78, 5) is 22.0. The van der Waals surface area contributed by atoms with Gasteiger partial charge in [0.15, 0.2) is 0 Å². The molecule has 0 aliphatic carbocycles. The Balaban J connectivity index is 2.65. The number of carbonyl (C=O) groups is 2. The van der Waals surface area contributed by atoms with Gasteiger partial charge in [0.2, 0.25) is 0 Å². The lowest BCUT2D eigenvalue weighted by Crippen LogP contribution is -2.07. The van der Waals surface area contributed by atoms with Gasteiger partial charge in [-0.2, -0.15) is 0 Å². The van der Waals surface area contributed by atoms with Crippen LogP contribution in [0.15, 0.2) is 24.3 Å². The molecule has 0 unspecified atom stereocenters. The van der Waals surface area contributed by atoms with Crippen LogP contribution in [0.25, 0.3) is 0 Å². The summed E-state index contributed by atoms with van der Waals surface area (Å²) in [6, 6.07) is 7.15. The van der Waals surface area contributed by atoms with Gasteiger partial charge < -0.3 is 0 Å². The Bertz CT molecular complexity index is 358. The number of rotatable bonds is 4. The Morgan fingerprint density at radius 3 is 2.50 bits per heavy atom. The summed E-state index contributed by atoms with van der Waals surface area (Å²) >= 11 is 5.87. The van der Waals surface area contributed by atoms with Gasteiger partial charge in [-0.05, 0) is 18.6 Å². The highest BCUT2D eigenvalue weighted by Gasteiger charge is 2.08. The fourth-order valence-corrected chi connectivity index (χ4v) is 1.40. The minimum Gasteiger partial charge on any atom is -0.300 e. The van der Waals surface area contributed by atoms with Gasteiger partial charge in [-0.25, -0.2) is 0 Å². The lowest BCUT2D eigenvalue weighted by molar-refractivity contribution is -0.125. The van der Waals surface area contributed by atoms with Crippen molar-refractivity contribution < 1.29 is 9.59 Å². The van der Waals surface area contributed by atoms with Crippen molar-refractivity contribution in [1.82, 2.24) is 0 Å². The molecule has 0 saturated carbocycles. The van der Waals surface area contributed by atoms with Crippen molar-refractivity contribution in [1.29, 1.82) is 0 Å². The predicted molar refractivity (Wildman–Crippen MR) is 55.5 cm³/mol. The average Bonchev–Trinajstić information content (AvgIpc) is 2.07. The van der Waals surface area contributed by atoms with Gasteiger partial charge in [0.05, 0.1) is 6.42 Å². The van der Waals surface area contributed by atoms with E-state index < -0.39 is 0 Å². The van der Waals surface area contributed by atoms with Crippen molar-refractivity contribution in [3.05, 3.63) is 34.9 Å². The molecule has 0 fully saturated rings. The molecule has 0 spiro atoms. The molecule has 0 heterocycles. The fourth-order valence-electron chi connectivity index (χ4n) is 1.19. The second-order valence-corrected chi connectivity index (χ2v) is 3.59. The van der Waals surface area contributed by atoms with Gasteiger partial charge in [0.1, 0.15) is 11.6 Å². The maximum absolute atomic E-state index is 11.3. The Kier molecular flexibility index (Phi) is 3.84. The lowest BCUT2D eigenvalue weighted by Gasteiger charge is -2.01. The molecule has 0 aliphatic rings. The van der Waals surface area contributed by atoms with Crippen LogP contribution in [0, 0.1) is 0 Å². The molecule has 0 N–H and O–H groups in total. The van der Waals surface area contributed by atoms with E-state index in [1.165, 1.54) is 6.92 Å². The van der Waals surface area contributed by atoms with E-state index in [4.69, 9.17) is 11.6 Å². The van der Waals surface area contributed by atoms with E-state index in [-0.39, 0.29) is 24.4 Å². The molecular weight excluding hydrogens is 200 g/mol. The average molecular weight is 211 g/mol. The number of ketones is 2. The standard InChI is InChI=1S/C11H11ClO2/c1-8(13)6-10(14)7-9-4-2-3-5-11(9)12/h2-5H,6-7H2,1H3. The molecule has 3 heteroatoms. The summed E-state index contributed by atoms with van der Waals surface area (Å²) in [5.41, 5.74) is 0.778. The van der Waals surface area contributed by atoms with Crippen LogP contribution in [0.2, 0.25) is 5.02 Å². The van der Waals surface area contributed by atoms with E-state index in [1.807, 2.05) is 6.07 Å². The van der Waals surface area contributed by atoms with E-state index in [0.717, 1.165) is 5.56 Å². The molecule has 0 radical (unpaired) electrons. The SMILES string of the molecule is CC(=O)CC(=O)Cc1ccccc1Cl. The summed E-state index contributed by atoms with van der Waals surface area (Å²) in [5.74, 6) is -0.201. The van der Waals surface area contributed by atoms with E-state index in [9.17, 15) is 9.59 Å². The monoisotopic (exact) mass is 210 g/mol. The third-order valence-corrected chi connectivity index (χ3v) is 2.16. The summed E-state index contributed by atoms with van der Waals surface area (Å²) in [7, 11) is 0. The third kappa shape index (κ3) is 3.30. The minimum atomic E-state index is -0.109. The van der Waals surface area contributed by atoms with E-state index in [0.29, 0.717) is 5.02 Å². The minimum absolute atomic E-state index is 0.00871. The molecule has 1 aromatic carbocycles. The molecule has 1 aromatic rings. The molecular formula is C11H11ClO2. The Morgan fingerprint density at radius 2 is 1.93 bits per heavy atom. The molecule has 1 rings (SSSR count). The second-order valence-electron chi connectivity index (χ2n) is 3.19. The molecule has 0 atom stereocenters. The van der Waals surface area contributed by atoms with E-state index in [1.54, 1.807) is 18.2 Å². The predicted octanol–water partition coefficient (Wildman–Crippen LogP) is 2.43. The molecule has 2 nitrogen and oxygen atoms in total. The third-order valence-electron chi connectivity index (χ3n) is 1.79. The van der Waals surface area contributed by atoms with Crippen LogP contribution < -0.4 is 0 Å². The second kappa shape index (κ2) is 4.91. The zero-order valence-corrected chi connectivity index (χ0v) is 8.67. The van der Waals surface area contributed by atoms with Gasteiger partial charge in [-0.15, -0.1) is 0 Å². The summed E-state index contributed by atoms with van der Waals surface area (Å²) < 4.78 is 0. The van der Waals surface area contributed by atoms with E-state index in [2.05, 4.69) is 0 Å². The Labute approximate surface area is 87.9 Å². The van der Waals surface area contributed by atoms with Crippen molar-refractivity contribution in [3.8, 4) is 0 Å². The van der Waals surface area contributed by atoms with Crippen LogP contribution >= 0.6 is 11.6 Å². The maximum atomic E-state index is 11.3. The smallest absolute Gasteiger partial charge is 0.144 e. The molecule has 0 aromatic heterocycles. The first-order valence-electron chi connectivity index (χ1n) is 4.34. The van der Waals surface area contributed by atoms with Gasteiger partial charge in [-0.1, -0.05) is 29.8 Å². The van der Waals surface area contributed by atoms with Crippen molar-refractivity contribution in [2.24, 2.45) is 0 Å². The highest BCUT2D eigenvalue weighted by molar-refractivity contribution is 6.31. The number of carbonyl (C=O) groups excluding carboxylic acids is 2. The number of Topliss-reactive ketones (excluding diaryl/α,β-unsaturated/α-hetero) is 2. The quantitative estimate of drug-likeness (QED) is 0.716. The summed E-state index contributed by atoms with van der Waals surface area (Å²) in [6.07, 6.45) is 0.227. The van der Waals surface area contributed by atoms with Gasteiger partial charge in [0, 0.05) is 11.4 Å². The van der Waals surface area contributed by atoms with Crippen molar-refractivity contribution in [2.75, 3.05) is 0 Å².